The van der Waals surface area contributed by atoms with E-state index in [0.29, 0.717) is 16.8 Å². The van der Waals surface area contributed by atoms with E-state index < -0.39 is 10.8 Å². The zero-order valence-electron chi connectivity index (χ0n) is 11.0. The molecule has 2 aromatic rings. The van der Waals surface area contributed by atoms with Gasteiger partial charge < -0.3 is 5.32 Å². The number of nitro benzene ring substituents is 1. The number of nitrogens with zero attached hydrogens (tertiary/aromatic N) is 3. The summed E-state index contributed by atoms with van der Waals surface area (Å²) in [6.45, 7) is 1.66. The maximum atomic E-state index is 12.0. The number of amides is 1. The highest BCUT2D eigenvalue weighted by atomic mass is 16.6. The third-order valence-corrected chi connectivity index (χ3v) is 2.79. The molecule has 0 aliphatic carbocycles. The molecule has 0 aliphatic rings. The van der Waals surface area contributed by atoms with Crippen LogP contribution in [0.1, 0.15) is 21.6 Å². The summed E-state index contributed by atoms with van der Waals surface area (Å²) in [7, 11) is 0. The number of nitro groups is 1. The molecule has 2 rings (SSSR count). The molecule has 1 aromatic carbocycles. The van der Waals surface area contributed by atoms with Crippen LogP contribution in [0.2, 0.25) is 0 Å². The van der Waals surface area contributed by atoms with Gasteiger partial charge in [0.2, 0.25) is 0 Å². The highest BCUT2D eigenvalue weighted by Crippen LogP contribution is 2.21. The van der Waals surface area contributed by atoms with E-state index >= 15 is 0 Å². The first-order chi connectivity index (χ1) is 10.0. The Bertz CT molecular complexity index is 748. The maximum absolute atomic E-state index is 12.0. The van der Waals surface area contributed by atoms with E-state index in [1.807, 2.05) is 6.07 Å². The molecule has 0 saturated carbocycles. The minimum absolute atomic E-state index is 0.0398. The van der Waals surface area contributed by atoms with Gasteiger partial charge in [-0.3, -0.25) is 14.9 Å². The van der Waals surface area contributed by atoms with Crippen molar-refractivity contribution in [2.75, 3.05) is 5.32 Å². The fourth-order valence-corrected chi connectivity index (χ4v) is 1.68. The van der Waals surface area contributed by atoms with Gasteiger partial charge in [-0.15, -0.1) is 0 Å². The van der Waals surface area contributed by atoms with Crippen LogP contribution in [-0.2, 0) is 0 Å². The minimum Gasteiger partial charge on any atom is -0.320 e. The molecule has 0 atom stereocenters. The fraction of sp³-hybridized carbons (Fsp3) is 0.0714. The van der Waals surface area contributed by atoms with E-state index in [4.69, 9.17) is 5.26 Å². The molecule has 0 spiro atoms. The third-order valence-electron chi connectivity index (χ3n) is 2.79. The highest BCUT2D eigenvalue weighted by molar-refractivity contribution is 6.03. The van der Waals surface area contributed by atoms with E-state index in [0.717, 1.165) is 0 Å². The van der Waals surface area contributed by atoms with Crippen molar-refractivity contribution in [2.45, 2.75) is 6.92 Å². The van der Waals surface area contributed by atoms with Crippen LogP contribution in [0.15, 0.2) is 36.5 Å². The van der Waals surface area contributed by atoms with Crippen LogP contribution in [0, 0.1) is 28.4 Å². The van der Waals surface area contributed by atoms with Crippen LogP contribution in [-0.4, -0.2) is 15.8 Å². The zero-order chi connectivity index (χ0) is 15.4. The normalized spacial score (nSPS) is 9.71. The lowest BCUT2D eigenvalue weighted by atomic mass is 10.1. The van der Waals surface area contributed by atoms with Crippen LogP contribution in [0.3, 0.4) is 0 Å². The predicted octanol–water partition coefficient (Wildman–Crippen LogP) is 2.42. The van der Waals surface area contributed by atoms with E-state index in [2.05, 4.69) is 10.3 Å². The Morgan fingerprint density at radius 3 is 2.67 bits per heavy atom. The van der Waals surface area contributed by atoms with Gasteiger partial charge in [0.15, 0.2) is 0 Å². The number of hydrogen-bond donors (Lipinski definition) is 1. The number of hydrogen-bond acceptors (Lipinski definition) is 5. The molecule has 1 heterocycles. The number of nitrogens with one attached hydrogen (secondary N) is 1. The number of pyridine rings is 1. The molecule has 7 heteroatoms. The van der Waals surface area contributed by atoms with E-state index in [-0.39, 0.29) is 11.4 Å². The van der Waals surface area contributed by atoms with E-state index in [1.54, 1.807) is 6.92 Å². The molecule has 1 amide bonds. The fourth-order valence-electron chi connectivity index (χ4n) is 1.68. The van der Waals surface area contributed by atoms with Crippen LogP contribution in [0.5, 0.6) is 0 Å². The number of non-ortho nitro benzene ring substituents is 1. The number of rotatable bonds is 3. The molecule has 0 bridgehead atoms. The van der Waals surface area contributed by atoms with Gasteiger partial charge in [0.1, 0.15) is 11.8 Å². The summed E-state index contributed by atoms with van der Waals surface area (Å²) in [5.41, 5.74) is 1.52. The number of carbonyl (C=O) groups is 1. The molecule has 21 heavy (non-hydrogen) atoms. The van der Waals surface area contributed by atoms with Gasteiger partial charge in [-0.05, 0) is 30.7 Å². The Morgan fingerprint density at radius 1 is 1.38 bits per heavy atom. The molecule has 0 saturated heterocycles. The molecular weight excluding hydrogens is 272 g/mol. The number of carbonyl (C=O) groups excluding carboxylic acids is 1. The van der Waals surface area contributed by atoms with Crippen molar-refractivity contribution in [1.82, 2.24) is 4.98 Å². The Kier molecular flexibility index (Phi) is 3.90. The number of nitriles is 1. The molecule has 0 fully saturated rings. The van der Waals surface area contributed by atoms with Crippen LogP contribution in [0.4, 0.5) is 11.4 Å². The first-order valence-corrected chi connectivity index (χ1v) is 5.94. The van der Waals surface area contributed by atoms with Gasteiger partial charge in [-0.1, -0.05) is 0 Å². The molecular formula is C14H10N4O3. The Morgan fingerprint density at radius 2 is 2.14 bits per heavy atom. The summed E-state index contributed by atoms with van der Waals surface area (Å²) in [6, 6.07) is 9.00. The monoisotopic (exact) mass is 282 g/mol. The molecule has 7 nitrogen and oxygen atoms in total. The lowest BCUT2D eigenvalue weighted by Crippen LogP contribution is -2.14. The summed E-state index contributed by atoms with van der Waals surface area (Å²) in [5, 5.41) is 21.9. The van der Waals surface area contributed by atoms with Gasteiger partial charge in [0.25, 0.3) is 11.6 Å². The van der Waals surface area contributed by atoms with E-state index in [1.165, 1.54) is 36.5 Å². The average molecular weight is 282 g/mol. The van der Waals surface area contributed by atoms with Gasteiger partial charge in [0.05, 0.1) is 10.5 Å². The summed E-state index contributed by atoms with van der Waals surface area (Å²) >= 11 is 0. The summed E-state index contributed by atoms with van der Waals surface area (Å²) in [4.78, 5) is 26.0. The molecule has 0 radical (unpaired) electrons. The highest BCUT2D eigenvalue weighted by Gasteiger charge is 2.12. The van der Waals surface area contributed by atoms with Crippen molar-refractivity contribution in [3.8, 4) is 6.07 Å². The van der Waals surface area contributed by atoms with E-state index in [9.17, 15) is 14.9 Å². The standard InChI is InChI=1S/C14H10N4O3/c1-9-6-11(18(20)21)3-5-12(9)17-14(19)13-4-2-10(7-15)8-16-13/h2-6,8H,1H3,(H,17,19). The predicted molar refractivity (Wildman–Crippen MR) is 74.7 cm³/mol. The zero-order valence-corrected chi connectivity index (χ0v) is 11.0. The molecule has 1 aromatic heterocycles. The number of anilines is 1. The lowest BCUT2D eigenvalue weighted by Gasteiger charge is -2.07. The molecule has 0 aliphatic heterocycles. The molecule has 104 valence electrons. The van der Waals surface area contributed by atoms with Crippen molar-refractivity contribution >= 4 is 17.3 Å². The minimum atomic E-state index is -0.499. The topological polar surface area (TPSA) is 109 Å². The summed E-state index contributed by atoms with van der Waals surface area (Å²) < 4.78 is 0. The van der Waals surface area contributed by atoms with Crippen LogP contribution >= 0.6 is 0 Å². The summed E-state index contributed by atoms with van der Waals surface area (Å²) in [5.74, 6) is -0.448. The quantitative estimate of drug-likeness (QED) is 0.686. The first kappa shape index (κ1) is 14.1. The Labute approximate surface area is 120 Å². The van der Waals surface area contributed by atoms with Gasteiger partial charge in [-0.25, -0.2) is 4.98 Å². The lowest BCUT2D eigenvalue weighted by molar-refractivity contribution is -0.384. The molecule has 0 unspecified atom stereocenters. The van der Waals surface area contributed by atoms with Crippen LogP contribution < -0.4 is 5.32 Å². The molecule has 1 N–H and O–H groups in total. The Balaban J connectivity index is 2.19. The second-order valence-corrected chi connectivity index (χ2v) is 4.25. The Hall–Kier alpha value is -3.27. The number of aromatic nitrogens is 1. The van der Waals surface area contributed by atoms with Crippen molar-refractivity contribution < 1.29 is 9.72 Å². The van der Waals surface area contributed by atoms with Crippen molar-refractivity contribution in [1.29, 1.82) is 5.26 Å². The smallest absolute Gasteiger partial charge is 0.274 e. The SMILES string of the molecule is Cc1cc([N+](=O)[O-])ccc1NC(=O)c1ccc(C#N)cn1. The van der Waals surface area contributed by atoms with Gasteiger partial charge in [-0.2, -0.15) is 5.26 Å². The third kappa shape index (κ3) is 3.19. The number of aryl methyl sites for hydroxylation is 1. The number of benzene rings is 1. The van der Waals surface area contributed by atoms with Crippen LogP contribution in [0.25, 0.3) is 0 Å². The maximum Gasteiger partial charge on any atom is 0.274 e. The first-order valence-electron chi connectivity index (χ1n) is 5.94. The second kappa shape index (κ2) is 5.79. The van der Waals surface area contributed by atoms with Crippen molar-refractivity contribution in [3.05, 3.63) is 63.5 Å². The van der Waals surface area contributed by atoms with Gasteiger partial charge in [0, 0.05) is 24.0 Å². The average Bonchev–Trinajstić information content (AvgIpc) is 2.49. The van der Waals surface area contributed by atoms with Crippen molar-refractivity contribution in [3.63, 3.8) is 0 Å². The van der Waals surface area contributed by atoms with Gasteiger partial charge >= 0.3 is 0 Å². The summed E-state index contributed by atoms with van der Waals surface area (Å²) in [6.07, 6.45) is 1.30. The second-order valence-electron chi connectivity index (χ2n) is 4.25. The largest absolute Gasteiger partial charge is 0.320 e. The van der Waals surface area contributed by atoms with Crippen molar-refractivity contribution in [2.24, 2.45) is 0 Å².